The summed E-state index contributed by atoms with van der Waals surface area (Å²) in [7, 11) is 1.63. The maximum Gasteiger partial charge on any atom is 0.345 e. The smallest absolute Gasteiger partial charge is 0.345 e. The first-order chi connectivity index (χ1) is 13.8. The summed E-state index contributed by atoms with van der Waals surface area (Å²) in [5.41, 5.74) is 1.89. The summed E-state index contributed by atoms with van der Waals surface area (Å²) < 4.78 is 31.6. The maximum atomic E-state index is 13.4. The van der Waals surface area contributed by atoms with Crippen molar-refractivity contribution < 1.29 is 23.1 Å². The lowest BCUT2D eigenvalue weighted by molar-refractivity contribution is 0.0734. The van der Waals surface area contributed by atoms with Gasteiger partial charge in [0.2, 0.25) is 0 Å². The van der Waals surface area contributed by atoms with Crippen LogP contribution in [0.1, 0.15) is 26.3 Å². The number of carbonyl (C=O) groups excluding carboxylic acids is 2. The van der Waals surface area contributed by atoms with E-state index in [0.29, 0.717) is 23.4 Å². The van der Waals surface area contributed by atoms with Crippen molar-refractivity contribution in [1.29, 1.82) is 0 Å². The highest BCUT2D eigenvalue weighted by molar-refractivity contribution is 6.33. The van der Waals surface area contributed by atoms with Crippen LogP contribution in [-0.2, 0) is 0 Å². The molecule has 0 unspecified atom stereocenters. The summed E-state index contributed by atoms with van der Waals surface area (Å²) in [6.45, 7) is 1.94. The number of ether oxygens (including phenoxy) is 1. The third-order valence-corrected chi connectivity index (χ3v) is 4.58. The summed E-state index contributed by atoms with van der Waals surface area (Å²) in [6, 6.07) is 14.8. The molecule has 4 nitrogen and oxygen atoms in total. The van der Waals surface area contributed by atoms with Crippen LogP contribution in [-0.4, -0.2) is 18.9 Å². The van der Waals surface area contributed by atoms with Crippen LogP contribution in [0.5, 0.6) is 5.75 Å². The first-order valence-electron chi connectivity index (χ1n) is 8.58. The van der Waals surface area contributed by atoms with Crippen molar-refractivity contribution in [3.63, 3.8) is 0 Å². The Morgan fingerprint density at radius 2 is 1.52 bits per heavy atom. The fourth-order valence-electron chi connectivity index (χ4n) is 2.59. The van der Waals surface area contributed by atoms with Gasteiger partial charge in [-0.05, 0) is 55.5 Å². The predicted molar refractivity (Wildman–Crippen MR) is 107 cm³/mol. The van der Waals surface area contributed by atoms with Crippen LogP contribution < -0.4 is 9.64 Å². The second kappa shape index (κ2) is 8.41. The van der Waals surface area contributed by atoms with Crippen molar-refractivity contribution in [2.45, 2.75) is 6.92 Å². The summed E-state index contributed by atoms with van der Waals surface area (Å²) in [5, 5.41) is -0.256. The van der Waals surface area contributed by atoms with Crippen molar-refractivity contribution >= 4 is 29.2 Å². The number of esters is 1. The molecule has 3 rings (SSSR count). The second-order valence-corrected chi connectivity index (χ2v) is 6.77. The van der Waals surface area contributed by atoms with E-state index >= 15 is 0 Å². The van der Waals surface area contributed by atoms with Crippen molar-refractivity contribution in [3.05, 3.63) is 94.0 Å². The number of nitrogens with zero attached hydrogens (tertiary/aromatic N) is 1. The third-order valence-electron chi connectivity index (χ3n) is 4.27. The Balaban J connectivity index is 1.73. The van der Waals surface area contributed by atoms with Crippen molar-refractivity contribution in [2.24, 2.45) is 0 Å². The Morgan fingerprint density at radius 1 is 0.931 bits per heavy atom. The third kappa shape index (κ3) is 4.60. The van der Waals surface area contributed by atoms with Crippen molar-refractivity contribution in [3.8, 4) is 5.75 Å². The number of hydrogen-bond donors (Lipinski definition) is 0. The number of aryl methyl sites for hydroxylation is 1. The Labute approximate surface area is 171 Å². The highest BCUT2D eigenvalue weighted by atomic mass is 35.5. The molecule has 29 heavy (non-hydrogen) atoms. The van der Waals surface area contributed by atoms with Gasteiger partial charge < -0.3 is 9.64 Å². The molecule has 0 spiro atoms. The quantitative estimate of drug-likeness (QED) is 0.324. The Kier molecular flexibility index (Phi) is 5.94. The van der Waals surface area contributed by atoms with Gasteiger partial charge in [0, 0.05) is 18.3 Å². The van der Waals surface area contributed by atoms with Crippen LogP contribution in [0.2, 0.25) is 5.02 Å². The minimum atomic E-state index is -1.20. The predicted octanol–water partition coefficient (Wildman–Crippen LogP) is 5.42. The largest absolute Gasteiger partial charge is 0.423 e. The number of anilines is 1. The van der Waals surface area contributed by atoms with Gasteiger partial charge in [0.1, 0.15) is 5.75 Å². The first-order valence-corrected chi connectivity index (χ1v) is 8.95. The van der Waals surface area contributed by atoms with E-state index in [2.05, 4.69) is 0 Å². The monoisotopic (exact) mass is 415 g/mol. The fraction of sp³-hybridized carbons (Fsp3) is 0.0909. The molecule has 0 aliphatic heterocycles. The number of halogens is 3. The molecular weight excluding hydrogens is 400 g/mol. The van der Waals surface area contributed by atoms with E-state index in [0.717, 1.165) is 5.56 Å². The van der Waals surface area contributed by atoms with Gasteiger partial charge in [-0.1, -0.05) is 29.3 Å². The molecule has 0 aliphatic rings. The Hall–Kier alpha value is -3.25. The van der Waals surface area contributed by atoms with Gasteiger partial charge >= 0.3 is 5.97 Å². The second-order valence-electron chi connectivity index (χ2n) is 6.36. The number of carbonyl (C=O) groups is 2. The Morgan fingerprint density at radius 3 is 2.14 bits per heavy atom. The lowest BCUT2D eigenvalue weighted by atomic mass is 10.1. The summed E-state index contributed by atoms with van der Waals surface area (Å²) in [5.74, 6) is -3.31. The fourth-order valence-corrected chi connectivity index (χ4v) is 2.81. The topological polar surface area (TPSA) is 46.6 Å². The average molecular weight is 416 g/mol. The van der Waals surface area contributed by atoms with Gasteiger partial charge in [-0.25, -0.2) is 13.6 Å². The van der Waals surface area contributed by atoms with Gasteiger partial charge in [-0.2, -0.15) is 0 Å². The summed E-state index contributed by atoms with van der Waals surface area (Å²) in [6.07, 6.45) is 0. The van der Waals surface area contributed by atoms with E-state index in [1.165, 1.54) is 17.0 Å². The molecule has 0 bridgehead atoms. The molecule has 0 N–H and O–H groups in total. The molecular formula is C22H16ClF2NO3. The molecule has 148 valence electrons. The molecule has 0 heterocycles. The van der Waals surface area contributed by atoms with Crippen molar-refractivity contribution in [1.82, 2.24) is 0 Å². The maximum absolute atomic E-state index is 13.4. The van der Waals surface area contributed by atoms with Crippen LogP contribution >= 0.6 is 11.6 Å². The van der Waals surface area contributed by atoms with Gasteiger partial charge in [0.15, 0.2) is 11.6 Å². The van der Waals surface area contributed by atoms with E-state index in [-0.39, 0.29) is 22.2 Å². The summed E-state index contributed by atoms with van der Waals surface area (Å²) >= 11 is 5.78. The van der Waals surface area contributed by atoms with Gasteiger partial charge in [-0.15, -0.1) is 0 Å². The molecule has 0 aromatic heterocycles. The van der Waals surface area contributed by atoms with Crippen LogP contribution in [0.25, 0.3) is 0 Å². The highest BCUT2D eigenvalue weighted by Crippen LogP contribution is 2.24. The minimum absolute atomic E-state index is 0.163. The van der Waals surface area contributed by atoms with Crippen LogP contribution in [0.4, 0.5) is 14.5 Å². The normalized spacial score (nSPS) is 10.5. The van der Waals surface area contributed by atoms with E-state index < -0.39 is 17.6 Å². The number of amides is 1. The van der Waals surface area contributed by atoms with E-state index in [9.17, 15) is 18.4 Å². The van der Waals surface area contributed by atoms with Crippen LogP contribution in [0, 0.1) is 18.6 Å². The van der Waals surface area contributed by atoms with E-state index in [1.807, 2.05) is 19.1 Å². The molecule has 0 saturated heterocycles. The molecule has 1 amide bonds. The molecule has 3 aromatic rings. The SMILES string of the molecule is Cc1ccc(C(=O)N(C)c2ccc(OC(=O)c3cc(F)c(F)cc3Cl)cc2)cc1. The minimum Gasteiger partial charge on any atom is -0.423 e. The molecule has 0 radical (unpaired) electrons. The number of hydrogen-bond acceptors (Lipinski definition) is 3. The van der Waals surface area contributed by atoms with Crippen LogP contribution in [0.3, 0.4) is 0 Å². The molecule has 3 aromatic carbocycles. The van der Waals surface area contributed by atoms with E-state index in [1.54, 1.807) is 31.3 Å². The lowest BCUT2D eigenvalue weighted by Gasteiger charge is -2.18. The average Bonchev–Trinajstić information content (AvgIpc) is 2.70. The number of benzene rings is 3. The Bertz CT molecular complexity index is 1070. The summed E-state index contributed by atoms with van der Waals surface area (Å²) in [4.78, 5) is 26.2. The zero-order valence-corrected chi connectivity index (χ0v) is 16.3. The molecule has 0 atom stereocenters. The van der Waals surface area contributed by atoms with E-state index in [4.69, 9.17) is 16.3 Å². The zero-order chi connectivity index (χ0) is 21.1. The van der Waals surface area contributed by atoms with Crippen LogP contribution in [0.15, 0.2) is 60.7 Å². The van der Waals surface area contributed by atoms with Crippen molar-refractivity contribution in [2.75, 3.05) is 11.9 Å². The molecule has 0 aliphatic carbocycles. The lowest BCUT2D eigenvalue weighted by Crippen LogP contribution is -2.26. The van der Waals surface area contributed by atoms with Gasteiger partial charge in [-0.3, -0.25) is 4.79 Å². The van der Waals surface area contributed by atoms with Gasteiger partial charge in [0.25, 0.3) is 5.91 Å². The molecule has 0 fully saturated rings. The van der Waals surface area contributed by atoms with Gasteiger partial charge in [0.05, 0.1) is 10.6 Å². The standard InChI is InChI=1S/C22H16ClF2NO3/c1-13-3-5-14(6-4-13)21(27)26(2)15-7-9-16(10-8-15)29-22(28)17-11-19(24)20(25)12-18(17)23/h3-12H,1-2H3. The zero-order valence-electron chi connectivity index (χ0n) is 15.6. The first kappa shape index (κ1) is 20.5. The molecule has 7 heteroatoms. The highest BCUT2D eigenvalue weighted by Gasteiger charge is 2.18. The molecule has 0 saturated carbocycles. The number of rotatable bonds is 4.